The number of benzene rings is 2. The molecule has 0 aromatic heterocycles. The number of ether oxygens (including phenoxy) is 1. The average Bonchev–Trinajstić information content (AvgIpc) is 2.80. The molecule has 0 spiro atoms. The van der Waals surface area contributed by atoms with Crippen LogP contribution in [0.5, 0.6) is 0 Å². The number of nitrogens with zero attached hydrogens (tertiary/aromatic N) is 2. The van der Waals surface area contributed by atoms with E-state index in [4.69, 9.17) is 10.00 Å². The van der Waals surface area contributed by atoms with Gasteiger partial charge < -0.3 is 10.1 Å². The molecule has 0 aliphatic carbocycles. The summed E-state index contributed by atoms with van der Waals surface area (Å²) in [7, 11) is -3.73. The Morgan fingerprint density at radius 3 is 2.50 bits per heavy atom. The number of piperidine rings is 1. The topological polar surface area (TPSA) is 117 Å². The summed E-state index contributed by atoms with van der Waals surface area (Å²) in [5, 5.41) is 11.7. The predicted octanol–water partition coefficient (Wildman–Crippen LogP) is 3.23. The monoisotopic (exact) mass is 455 g/mol. The van der Waals surface area contributed by atoms with Gasteiger partial charge in [-0.05, 0) is 56.5 Å². The number of anilines is 1. The zero-order chi connectivity index (χ0) is 23.3. The largest absolute Gasteiger partial charge is 0.449 e. The summed E-state index contributed by atoms with van der Waals surface area (Å²) >= 11 is 0. The molecule has 0 bridgehead atoms. The fraction of sp³-hybridized carbons (Fsp3) is 0.348. The maximum Gasteiger partial charge on any atom is 0.338 e. The smallest absolute Gasteiger partial charge is 0.338 e. The number of para-hydroxylation sites is 1. The van der Waals surface area contributed by atoms with Crippen LogP contribution < -0.4 is 5.32 Å². The molecule has 2 aromatic rings. The Kier molecular flexibility index (Phi) is 7.28. The first kappa shape index (κ1) is 23.4. The molecule has 2 aromatic carbocycles. The highest BCUT2D eigenvalue weighted by Crippen LogP contribution is 2.25. The molecule has 8 nitrogen and oxygen atoms in total. The molecule has 1 heterocycles. The zero-order valence-electron chi connectivity index (χ0n) is 18.0. The molecule has 3 rings (SSSR count). The summed E-state index contributed by atoms with van der Waals surface area (Å²) in [5.74, 6) is -1.41. The van der Waals surface area contributed by atoms with Crippen LogP contribution in [0, 0.1) is 18.3 Å². The summed E-state index contributed by atoms with van der Waals surface area (Å²) in [4.78, 5) is 25.1. The Labute approximate surface area is 187 Å². The fourth-order valence-electron chi connectivity index (χ4n) is 3.46. The first-order chi connectivity index (χ1) is 15.2. The van der Waals surface area contributed by atoms with Crippen LogP contribution in [-0.2, 0) is 19.6 Å². The Balaban J connectivity index is 1.74. The number of hydrogen-bond donors (Lipinski definition) is 1. The molecule has 0 radical (unpaired) electrons. The molecule has 9 heteroatoms. The molecule has 0 saturated carbocycles. The van der Waals surface area contributed by atoms with Crippen LogP contribution in [0.3, 0.4) is 0 Å². The third-order valence-corrected chi connectivity index (χ3v) is 7.36. The van der Waals surface area contributed by atoms with E-state index in [1.165, 1.54) is 23.4 Å². The molecular formula is C23H25N3O5S. The van der Waals surface area contributed by atoms with Gasteiger partial charge >= 0.3 is 5.97 Å². The van der Waals surface area contributed by atoms with Gasteiger partial charge in [-0.25, -0.2) is 13.2 Å². The number of nitrogens with one attached hydrogen (secondary N) is 1. The molecule has 1 N–H and O–H groups in total. The molecule has 1 atom stereocenters. The first-order valence-electron chi connectivity index (χ1n) is 10.4. The van der Waals surface area contributed by atoms with Crippen molar-refractivity contribution in [2.45, 2.75) is 44.1 Å². The van der Waals surface area contributed by atoms with Crippen molar-refractivity contribution < 1.29 is 22.7 Å². The van der Waals surface area contributed by atoms with Crippen LogP contribution in [0.1, 0.15) is 47.7 Å². The highest BCUT2D eigenvalue weighted by molar-refractivity contribution is 7.89. The van der Waals surface area contributed by atoms with Crippen LogP contribution in [0.15, 0.2) is 47.4 Å². The number of hydrogen-bond acceptors (Lipinski definition) is 6. The first-order valence-corrected chi connectivity index (χ1v) is 11.8. The lowest BCUT2D eigenvalue weighted by Gasteiger charge is -2.26. The van der Waals surface area contributed by atoms with Crippen molar-refractivity contribution >= 4 is 27.6 Å². The highest BCUT2D eigenvalue weighted by Gasteiger charge is 2.29. The van der Waals surface area contributed by atoms with Gasteiger partial charge in [0, 0.05) is 13.1 Å². The van der Waals surface area contributed by atoms with Gasteiger partial charge in [-0.3, -0.25) is 4.79 Å². The van der Waals surface area contributed by atoms with Crippen LogP contribution in [0.25, 0.3) is 0 Å². The van der Waals surface area contributed by atoms with Crippen LogP contribution >= 0.6 is 0 Å². The van der Waals surface area contributed by atoms with E-state index in [1.54, 1.807) is 37.3 Å². The van der Waals surface area contributed by atoms with Crippen molar-refractivity contribution in [3.05, 3.63) is 59.2 Å². The fourth-order valence-corrected chi connectivity index (χ4v) is 5.22. The second-order valence-electron chi connectivity index (χ2n) is 7.64. The van der Waals surface area contributed by atoms with Gasteiger partial charge in [0.25, 0.3) is 5.91 Å². The molecule has 32 heavy (non-hydrogen) atoms. The number of nitriles is 1. The maximum absolute atomic E-state index is 13.1. The van der Waals surface area contributed by atoms with Crippen LogP contribution in [0.2, 0.25) is 0 Å². The summed E-state index contributed by atoms with van der Waals surface area (Å²) in [5.41, 5.74) is 1.17. The van der Waals surface area contributed by atoms with Gasteiger partial charge in [-0.2, -0.15) is 9.57 Å². The van der Waals surface area contributed by atoms with E-state index in [1.807, 2.05) is 6.07 Å². The third kappa shape index (κ3) is 5.15. The second kappa shape index (κ2) is 9.94. The van der Waals surface area contributed by atoms with E-state index >= 15 is 0 Å². The Morgan fingerprint density at radius 1 is 1.12 bits per heavy atom. The van der Waals surface area contributed by atoms with Gasteiger partial charge in [0.15, 0.2) is 6.10 Å². The average molecular weight is 456 g/mol. The molecule has 1 amide bonds. The van der Waals surface area contributed by atoms with Gasteiger partial charge in [-0.1, -0.05) is 24.6 Å². The minimum absolute atomic E-state index is 0.0447. The molecule has 1 aliphatic rings. The molecule has 168 valence electrons. The lowest BCUT2D eigenvalue weighted by molar-refractivity contribution is -0.123. The van der Waals surface area contributed by atoms with E-state index in [-0.39, 0.29) is 16.0 Å². The summed E-state index contributed by atoms with van der Waals surface area (Å²) in [6, 6.07) is 12.8. The number of carbonyl (C=O) groups excluding carboxylic acids is 2. The Hall–Kier alpha value is -3.22. The lowest BCUT2D eigenvalue weighted by atomic mass is 10.1. The van der Waals surface area contributed by atoms with Gasteiger partial charge in [0.2, 0.25) is 10.0 Å². The normalized spacial score (nSPS) is 15.4. The van der Waals surface area contributed by atoms with Crippen LogP contribution in [0.4, 0.5) is 5.69 Å². The molecule has 1 saturated heterocycles. The SMILES string of the molecule is Cc1ccc(C(=O)OC(C)C(=O)Nc2ccccc2C#N)cc1S(=O)(=O)N1CCCCC1. The molecule has 1 fully saturated rings. The molecule has 1 aliphatic heterocycles. The zero-order valence-corrected chi connectivity index (χ0v) is 18.8. The van der Waals surface area contributed by atoms with Crippen molar-refractivity contribution in [2.75, 3.05) is 18.4 Å². The minimum atomic E-state index is -3.73. The van der Waals surface area contributed by atoms with E-state index in [0.717, 1.165) is 19.3 Å². The van der Waals surface area contributed by atoms with Crippen molar-refractivity contribution in [3.63, 3.8) is 0 Å². The summed E-state index contributed by atoms with van der Waals surface area (Å²) in [6.07, 6.45) is 1.46. The van der Waals surface area contributed by atoms with Crippen LogP contribution in [-0.4, -0.2) is 43.8 Å². The molecule has 1 unspecified atom stereocenters. The second-order valence-corrected chi connectivity index (χ2v) is 9.55. The number of aryl methyl sites for hydroxylation is 1. The number of amides is 1. The standard InChI is InChI=1S/C23H25N3O5S/c1-16-10-11-18(14-21(16)32(29,30)26-12-6-3-7-13-26)23(28)31-17(2)22(27)25-20-9-5-4-8-19(20)15-24/h4-5,8-11,14,17H,3,6-7,12-13H2,1-2H3,(H,25,27). The van der Waals surface area contributed by atoms with E-state index in [2.05, 4.69) is 5.32 Å². The van der Waals surface area contributed by atoms with Gasteiger partial charge in [0.05, 0.1) is 21.7 Å². The number of esters is 1. The summed E-state index contributed by atoms with van der Waals surface area (Å²) < 4.78 is 32.8. The van der Waals surface area contributed by atoms with E-state index in [0.29, 0.717) is 24.3 Å². The third-order valence-electron chi connectivity index (χ3n) is 5.32. The Morgan fingerprint density at radius 2 is 1.81 bits per heavy atom. The van der Waals surface area contributed by atoms with Crippen molar-refractivity contribution in [1.82, 2.24) is 4.31 Å². The Bertz CT molecular complexity index is 1160. The number of carbonyl (C=O) groups is 2. The summed E-state index contributed by atoms with van der Waals surface area (Å²) in [6.45, 7) is 3.99. The van der Waals surface area contributed by atoms with Crippen molar-refractivity contribution in [1.29, 1.82) is 5.26 Å². The number of sulfonamides is 1. The highest BCUT2D eigenvalue weighted by atomic mass is 32.2. The lowest BCUT2D eigenvalue weighted by Crippen LogP contribution is -2.36. The van der Waals surface area contributed by atoms with Gasteiger partial charge in [0.1, 0.15) is 6.07 Å². The maximum atomic E-state index is 13.1. The quantitative estimate of drug-likeness (QED) is 0.669. The van der Waals surface area contributed by atoms with E-state index < -0.39 is 28.0 Å². The predicted molar refractivity (Wildman–Crippen MR) is 118 cm³/mol. The van der Waals surface area contributed by atoms with Gasteiger partial charge in [-0.15, -0.1) is 0 Å². The number of rotatable bonds is 6. The minimum Gasteiger partial charge on any atom is -0.449 e. The van der Waals surface area contributed by atoms with E-state index in [9.17, 15) is 18.0 Å². The van der Waals surface area contributed by atoms with Crippen molar-refractivity contribution in [2.24, 2.45) is 0 Å². The van der Waals surface area contributed by atoms with Crippen molar-refractivity contribution in [3.8, 4) is 6.07 Å². The molecular weight excluding hydrogens is 430 g/mol.